The van der Waals surface area contributed by atoms with Gasteiger partial charge < -0.3 is 25.0 Å². The Bertz CT molecular complexity index is 356. The molecule has 2 rings (SSSR count). The minimum atomic E-state index is -0.905. The molecule has 2 aliphatic rings. The third-order valence-corrected chi connectivity index (χ3v) is 3.94. The maximum atomic E-state index is 12.3. The summed E-state index contributed by atoms with van der Waals surface area (Å²) >= 11 is 0. The molecule has 1 unspecified atom stereocenters. The molecule has 0 aromatic heterocycles. The van der Waals surface area contributed by atoms with Crippen molar-refractivity contribution in [1.82, 2.24) is 15.1 Å². The van der Waals surface area contributed by atoms with E-state index in [0.717, 1.165) is 25.9 Å². The van der Waals surface area contributed by atoms with E-state index in [1.807, 2.05) is 0 Å². The van der Waals surface area contributed by atoms with Crippen molar-refractivity contribution in [2.45, 2.75) is 31.3 Å². The Kier molecular flexibility index (Phi) is 5.19. The minimum Gasteiger partial charge on any atom is -0.481 e. The number of amides is 2. The van der Waals surface area contributed by atoms with E-state index >= 15 is 0 Å². The average molecular weight is 285 g/mol. The monoisotopic (exact) mass is 285 g/mol. The van der Waals surface area contributed by atoms with Crippen molar-refractivity contribution in [3.05, 3.63) is 0 Å². The number of urea groups is 1. The van der Waals surface area contributed by atoms with Crippen LogP contribution in [0, 0.1) is 0 Å². The Morgan fingerprint density at radius 3 is 2.65 bits per heavy atom. The molecule has 2 amide bonds. The summed E-state index contributed by atoms with van der Waals surface area (Å²) in [7, 11) is 2.07. The van der Waals surface area contributed by atoms with Gasteiger partial charge in [0, 0.05) is 12.6 Å². The summed E-state index contributed by atoms with van der Waals surface area (Å²) in [5, 5.41) is 11.9. The molecular formula is C13H23N3O4. The Hall–Kier alpha value is -1.34. The van der Waals surface area contributed by atoms with Crippen molar-refractivity contribution >= 4 is 12.0 Å². The molecule has 2 saturated heterocycles. The molecule has 7 heteroatoms. The second-order valence-corrected chi connectivity index (χ2v) is 5.55. The Labute approximate surface area is 118 Å². The van der Waals surface area contributed by atoms with Crippen LogP contribution in [0.3, 0.4) is 0 Å². The van der Waals surface area contributed by atoms with Crippen LogP contribution in [-0.4, -0.2) is 78.9 Å². The molecule has 0 aromatic carbocycles. The lowest BCUT2D eigenvalue weighted by molar-refractivity contribution is -0.139. The maximum absolute atomic E-state index is 12.3. The van der Waals surface area contributed by atoms with E-state index in [4.69, 9.17) is 9.84 Å². The zero-order valence-electron chi connectivity index (χ0n) is 11.9. The number of nitrogens with zero attached hydrogens (tertiary/aromatic N) is 2. The molecule has 2 heterocycles. The molecule has 2 aliphatic heterocycles. The quantitative estimate of drug-likeness (QED) is 0.761. The topological polar surface area (TPSA) is 82.1 Å². The van der Waals surface area contributed by atoms with Crippen LogP contribution in [-0.2, 0) is 9.53 Å². The van der Waals surface area contributed by atoms with E-state index in [2.05, 4.69) is 17.3 Å². The fourth-order valence-corrected chi connectivity index (χ4v) is 2.70. The SMILES string of the molecule is CN1CCC(NC(=O)N2CCOCC2CC(=O)O)CC1. The number of carbonyl (C=O) groups excluding carboxylic acids is 1. The van der Waals surface area contributed by atoms with Crippen molar-refractivity contribution in [1.29, 1.82) is 0 Å². The van der Waals surface area contributed by atoms with Crippen LogP contribution in [0.15, 0.2) is 0 Å². The molecule has 0 bridgehead atoms. The normalized spacial score (nSPS) is 25.4. The Morgan fingerprint density at radius 2 is 2.00 bits per heavy atom. The molecule has 0 saturated carbocycles. The molecule has 114 valence electrons. The van der Waals surface area contributed by atoms with E-state index in [9.17, 15) is 9.59 Å². The van der Waals surface area contributed by atoms with Crippen LogP contribution < -0.4 is 5.32 Å². The van der Waals surface area contributed by atoms with Gasteiger partial charge in [-0.2, -0.15) is 0 Å². The van der Waals surface area contributed by atoms with Gasteiger partial charge in [0.05, 0.1) is 25.7 Å². The number of hydrogen-bond donors (Lipinski definition) is 2. The first-order chi connectivity index (χ1) is 9.56. The Morgan fingerprint density at radius 1 is 1.30 bits per heavy atom. The molecule has 2 fully saturated rings. The first-order valence-electron chi connectivity index (χ1n) is 7.11. The summed E-state index contributed by atoms with van der Waals surface area (Å²) in [4.78, 5) is 27.0. The third kappa shape index (κ3) is 4.08. The van der Waals surface area contributed by atoms with Gasteiger partial charge >= 0.3 is 12.0 Å². The number of carbonyl (C=O) groups is 2. The predicted octanol–water partition coefficient (Wildman–Crippen LogP) is -0.0343. The Balaban J connectivity index is 1.87. The first-order valence-corrected chi connectivity index (χ1v) is 7.11. The lowest BCUT2D eigenvalue weighted by atomic mass is 10.1. The van der Waals surface area contributed by atoms with E-state index in [0.29, 0.717) is 19.8 Å². The van der Waals surface area contributed by atoms with Crippen LogP contribution in [0.25, 0.3) is 0 Å². The number of likely N-dealkylation sites (tertiary alicyclic amines) is 1. The first kappa shape index (κ1) is 15.1. The number of ether oxygens (including phenoxy) is 1. The number of nitrogens with one attached hydrogen (secondary N) is 1. The van der Waals surface area contributed by atoms with Crippen LogP contribution in [0.1, 0.15) is 19.3 Å². The molecule has 20 heavy (non-hydrogen) atoms. The number of hydrogen-bond acceptors (Lipinski definition) is 4. The number of carboxylic acid groups (broad SMARTS) is 1. The van der Waals surface area contributed by atoms with Gasteiger partial charge in [0.25, 0.3) is 0 Å². The van der Waals surface area contributed by atoms with Crippen molar-refractivity contribution in [3.8, 4) is 0 Å². The van der Waals surface area contributed by atoms with Gasteiger partial charge in [-0.25, -0.2) is 4.79 Å². The van der Waals surface area contributed by atoms with E-state index in [1.165, 1.54) is 0 Å². The summed E-state index contributed by atoms with van der Waals surface area (Å²) in [5.74, 6) is -0.905. The summed E-state index contributed by atoms with van der Waals surface area (Å²) in [5.41, 5.74) is 0. The molecular weight excluding hydrogens is 262 g/mol. The zero-order chi connectivity index (χ0) is 14.5. The largest absolute Gasteiger partial charge is 0.481 e. The van der Waals surface area contributed by atoms with Crippen LogP contribution >= 0.6 is 0 Å². The second-order valence-electron chi connectivity index (χ2n) is 5.55. The molecule has 0 radical (unpaired) electrons. The van der Waals surface area contributed by atoms with Gasteiger partial charge in [0.15, 0.2) is 0 Å². The summed E-state index contributed by atoms with van der Waals surface area (Å²) in [6, 6.07) is -0.339. The van der Waals surface area contributed by atoms with Crippen LogP contribution in [0.2, 0.25) is 0 Å². The second kappa shape index (κ2) is 6.90. The third-order valence-electron chi connectivity index (χ3n) is 3.94. The highest BCUT2D eigenvalue weighted by Gasteiger charge is 2.30. The lowest BCUT2D eigenvalue weighted by Gasteiger charge is -2.37. The predicted molar refractivity (Wildman–Crippen MR) is 72.6 cm³/mol. The van der Waals surface area contributed by atoms with Crippen molar-refractivity contribution in [3.63, 3.8) is 0 Å². The van der Waals surface area contributed by atoms with Crippen LogP contribution in [0.5, 0.6) is 0 Å². The van der Waals surface area contributed by atoms with Crippen LogP contribution in [0.4, 0.5) is 4.79 Å². The van der Waals surface area contributed by atoms with Gasteiger partial charge in [-0.05, 0) is 33.0 Å². The molecule has 1 atom stereocenters. The van der Waals surface area contributed by atoms with Gasteiger partial charge in [-0.1, -0.05) is 0 Å². The molecule has 0 aromatic rings. The fraction of sp³-hybridized carbons (Fsp3) is 0.846. The molecule has 0 spiro atoms. The number of carboxylic acids is 1. The minimum absolute atomic E-state index is 0.0686. The van der Waals surface area contributed by atoms with E-state index in [-0.39, 0.29) is 24.5 Å². The molecule has 7 nitrogen and oxygen atoms in total. The summed E-state index contributed by atoms with van der Waals surface area (Å²) in [6.07, 6.45) is 1.81. The van der Waals surface area contributed by atoms with E-state index in [1.54, 1.807) is 4.90 Å². The maximum Gasteiger partial charge on any atom is 0.318 e. The highest BCUT2D eigenvalue weighted by Crippen LogP contribution is 2.13. The fourth-order valence-electron chi connectivity index (χ4n) is 2.70. The zero-order valence-corrected chi connectivity index (χ0v) is 11.9. The standard InChI is InChI=1S/C13H23N3O4/c1-15-4-2-10(3-5-15)14-13(19)16-6-7-20-9-11(16)8-12(17)18/h10-11H,2-9H2,1H3,(H,14,19)(H,17,18). The van der Waals surface area contributed by atoms with Crippen molar-refractivity contribution in [2.24, 2.45) is 0 Å². The summed E-state index contributed by atoms with van der Waals surface area (Å²) in [6.45, 7) is 3.18. The molecule has 0 aliphatic carbocycles. The van der Waals surface area contributed by atoms with Gasteiger partial charge in [0.2, 0.25) is 0 Å². The lowest BCUT2D eigenvalue weighted by Crippen LogP contribution is -2.56. The van der Waals surface area contributed by atoms with Gasteiger partial charge in [0.1, 0.15) is 0 Å². The van der Waals surface area contributed by atoms with Crippen molar-refractivity contribution in [2.75, 3.05) is 39.9 Å². The number of rotatable bonds is 3. The highest BCUT2D eigenvalue weighted by molar-refractivity contribution is 5.76. The molecule has 2 N–H and O–H groups in total. The smallest absolute Gasteiger partial charge is 0.318 e. The average Bonchev–Trinajstić information content (AvgIpc) is 2.41. The highest BCUT2D eigenvalue weighted by atomic mass is 16.5. The number of morpholine rings is 1. The van der Waals surface area contributed by atoms with Gasteiger partial charge in [-0.15, -0.1) is 0 Å². The number of piperidine rings is 1. The van der Waals surface area contributed by atoms with E-state index < -0.39 is 5.97 Å². The van der Waals surface area contributed by atoms with Crippen molar-refractivity contribution < 1.29 is 19.4 Å². The van der Waals surface area contributed by atoms with Gasteiger partial charge in [-0.3, -0.25) is 4.79 Å². The number of aliphatic carboxylic acids is 1. The summed E-state index contributed by atoms with van der Waals surface area (Å²) < 4.78 is 5.28.